The van der Waals surface area contributed by atoms with E-state index in [1.807, 2.05) is 0 Å². The van der Waals surface area contributed by atoms with Crippen molar-refractivity contribution in [2.24, 2.45) is 11.3 Å². The molecule has 1 saturated heterocycles. The maximum atomic E-state index is 11.6. The fourth-order valence-electron chi connectivity index (χ4n) is 4.97. The van der Waals surface area contributed by atoms with Crippen molar-refractivity contribution in [3.63, 3.8) is 0 Å². The summed E-state index contributed by atoms with van der Waals surface area (Å²) in [6.45, 7) is 9.02. The molecule has 5 heteroatoms. The minimum Gasteiger partial charge on any atom is -0.455 e. The Balaban J connectivity index is 2.07. The zero-order chi connectivity index (χ0) is 16.8. The highest BCUT2D eigenvalue weighted by atomic mass is 16.7. The third-order valence-electron chi connectivity index (χ3n) is 5.86. The Morgan fingerprint density at radius 2 is 1.91 bits per heavy atom. The van der Waals surface area contributed by atoms with Crippen molar-refractivity contribution in [2.75, 3.05) is 13.2 Å². The molecule has 3 aliphatic rings. The molecule has 130 valence electrons. The molecule has 23 heavy (non-hydrogen) atoms. The number of aliphatic hydroxyl groups excluding tert-OH is 1. The van der Waals surface area contributed by atoms with E-state index in [4.69, 9.17) is 14.2 Å². The van der Waals surface area contributed by atoms with Gasteiger partial charge in [-0.15, -0.1) is 0 Å². The van der Waals surface area contributed by atoms with Gasteiger partial charge in [-0.1, -0.05) is 19.4 Å². The van der Waals surface area contributed by atoms with Crippen molar-refractivity contribution >= 4 is 5.97 Å². The Bertz CT molecular complexity index is 516. The molecular weight excluding hydrogens is 296 g/mol. The molecule has 0 aromatic rings. The van der Waals surface area contributed by atoms with E-state index >= 15 is 0 Å². The zero-order valence-electron chi connectivity index (χ0n) is 14.6. The van der Waals surface area contributed by atoms with Gasteiger partial charge in [0.1, 0.15) is 6.10 Å². The van der Waals surface area contributed by atoms with Gasteiger partial charge >= 0.3 is 5.97 Å². The normalized spacial score (nSPS) is 35.8. The fraction of sp³-hybridized carbons (Fsp3) is 0.833. The lowest BCUT2D eigenvalue weighted by molar-refractivity contribution is -0.234. The van der Waals surface area contributed by atoms with Crippen molar-refractivity contribution in [3.05, 3.63) is 11.1 Å². The second kappa shape index (κ2) is 5.87. The SMILES string of the molecule is CC(=O)O[C@H]1C2=C(C)CCC(C3(CC[C@H]1O)OCCO3)C2(C)C. The number of rotatable bonds is 1. The number of aliphatic hydroxyl groups is 1. The molecule has 0 aromatic carbocycles. The van der Waals surface area contributed by atoms with Crippen molar-refractivity contribution in [2.45, 2.75) is 71.4 Å². The van der Waals surface area contributed by atoms with E-state index in [2.05, 4.69) is 20.8 Å². The Hall–Kier alpha value is -0.910. The predicted molar refractivity (Wildman–Crippen MR) is 84.6 cm³/mol. The van der Waals surface area contributed by atoms with Gasteiger partial charge in [-0.05, 0) is 37.2 Å². The van der Waals surface area contributed by atoms with E-state index in [0.29, 0.717) is 26.1 Å². The van der Waals surface area contributed by atoms with Gasteiger partial charge in [-0.25, -0.2) is 0 Å². The molecule has 0 amide bonds. The molecule has 1 spiro atoms. The number of carbonyl (C=O) groups excluding carboxylic acids is 1. The van der Waals surface area contributed by atoms with Crippen molar-refractivity contribution in [1.82, 2.24) is 0 Å². The van der Waals surface area contributed by atoms with E-state index in [0.717, 1.165) is 18.4 Å². The Labute approximate surface area is 138 Å². The van der Waals surface area contributed by atoms with Gasteiger partial charge in [-0.3, -0.25) is 4.79 Å². The third kappa shape index (κ3) is 2.73. The van der Waals surface area contributed by atoms with E-state index in [1.165, 1.54) is 12.5 Å². The van der Waals surface area contributed by atoms with Crippen LogP contribution in [0, 0.1) is 11.3 Å². The van der Waals surface area contributed by atoms with Crippen molar-refractivity contribution in [1.29, 1.82) is 0 Å². The molecule has 1 N–H and O–H groups in total. The van der Waals surface area contributed by atoms with Crippen molar-refractivity contribution < 1.29 is 24.1 Å². The molecule has 2 bridgehead atoms. The first kappa shape index (κ1) is 16.9. The van der Waals surface area contributed by atoms with Crippen LogP contribution in [0.4, 0.5) is 0 Å². The van der Waals surface area contributed by atoms with Crippen LogP contribution in [-0.2, 0) is 19.0 Å². The summed E-state index contributed by atoms with van der Waals surface area (Å²) >= 11 is 0. The quantitative estimate of drug-likeness (QED) is 0.593. The van der Waals surface area contributed by atoms with Crippen molar-refractivity contribution in [3.8, 4) is 0 Å². The highest BCUT2D eigenvalue weighted by molar-refractivity contribution is 5.66. The molecule has 1 saturated carbocycles. The molecule has 1 unspecified atom stereocenters. The monoisotopic (exact) mass is 324 g/mol. The lowest BCUT2D eigenvalue weighted by Crippen LogP contribution is -2.55. The molecule has 1 aliphatic heterocycles. The topological polar surface area (TPSA) is 65.0 Å². The first-order valence-electron chi connectivity index (χ1n) is 8.61. The lowest BCUT2D eigenvalue weighted by atomic mass is 9.58. The molecular formula is C18H28O5. The van der Waals surface area contributed by atoms with Crippen LogP contribution in [0.5, 0.6) is 0 Å². The van der Waals surface area contributed by atoms with Crippen LogP contribution < -0.4 is 0 Å². The van der Waals surface area contributed by atoms with Gasteiger partial charge in [-0.2, -0.15) is 0 Å². The molecule has 2 aliphatic carbocycles. The smallest absolute Gasteiger partial charge is 0.303 e. The number of esters is 1. The first-order chi connectivity index (χ1) is 10.8. The lowest BCUT2D eigenvalue weighted by Gasteiger charge is -2.52. The number of hydrogen-bond acceptors (Lipinski definition) is 5. The molecule has 1 heterocycles. The van der Waals surface area contributed by atoms with Crippen LogP contribution in [-0.4, -0.2) is 42.3 Å². The number of ether oxygens (including phenoxy) is 3. The average molecular weight is 324 g/mol. The van der Waals surface area contributed by atoms with E-state index in [-0.39, 0.29) is 17.3 Å². The van der Waals surface area contributed by atoms with Gasteiger partial charge in [0.15, 0.2) is 5.79 Å². The third-order valence-corrected chi connectivity index (χ3v) is 5.86. The van der Waals surface area contributed by atoms with E-state index in [9.17, 15) is 9.90 Å². The maximum absolute atomic E-state index is 11.6. The van der Waals surface area contributed by atoms with Crippen LogP contribution in [0.15, 0.2) is 11.1 Å². The minimum absolute atomic E-state index is 0.196. The summed E-state index contributed by atoms with van der Waals surface area (Å²) in [5.74, 6) is -0.768. The number of fused-ring (bicyclic) bond motifs is 3. The zero-order valence-corrected chi connectivity index (χ0v) is 14.6. The number of carbonyl (C=O) groups is 1. The van der Waals surface area contributed by atoms with Gasteiger partial charge in [0.05, 0.1) is 19.3 Å². The second-order valence-electron chi connectivity index (χ2n) is 7.65. The Kier molecular flexibility index (Phi) is 4.32. The fourth-order valence-corrected chi connectivity index (χ4v) is 4.97. The van der Waals surface area contributed by atoms with Crippen LogP contribution in [0.25, 0.3) is 0 Å². The summed E-state index contributed by atoms with van der Waals surface area (Å²) in [5, 5.41) is 10.7. The second-order valence-corrected chi connectivity index (χ2v) is 7.65. The highest BCUT2D eigenvalue weighted by Crippen LogP contribution is 2.56. The maximum Gasteiger partial charge on any atom is 0.303 e. The molecule has 0 aromatic heterocycles. The molecule has 0 radical (unpaired) electrons. The largest absolute Gasteiger partial charge is 0.455 e. The van der Waals surface area contributed by atoms with Gasteiger partial charge < -0.3 is 19.3 Å². The highest BCUT2D eigenvalue weighted by Gasteiger charge is 2.57. The summed E-state index contributed by atoms with van der Waals surface area (Å²) in [5.41, 5.74) is 2.01. The van der Waals surface area contributed by atoms with Crippen LogP contribution in [0.3, 0.4) is 0 Å². The standard InChI is InChI=1S/C18H28O5/c1-11-5-6-14-17(3,4)15(11)16(23-12(2)19)13(20)7-8-18(14)21-9-10-22-18/h13-14,16,20H,5-10H2,1-4H3/t13-,14?,16-/m1/s1. The van der Waals surface area contributed by atoms with Crippen LogP contribution in [0.1, 0.15) is 53.4 Å². The Morgan fingerprint density at radius 3 is 2.52 bits per heavy atom. The average Bonchev–Trinajstić information content (AvgIpc) is 2.91. The van der Waals surface area contributed by atoms with Gasteiger partial charge in [0.2, 0.25) is 0 Å². The van der Waals surface area contributed by atoms with E-state index < -0.39 is 18.0 Å². The molecule has 3 atom stereocenters. The first-order valence-corrected chi connectivity index (χ1v) is 8.61. The van der Waals surface area contributed by atoms with Crippen LogP contribution >= 0.6 is 0 Å². The van der Waals surface area contributed by atoms with Gasteiger partial charge in [0, 0.05) is 19.3 Å². The summed E-state index contributed by atoms with van der Waals surface area (Å²) < 4.78 is 17.7. The predicted octanol–water partition coefficient (Wildman–Crippen LogP) is 2.57. The van der Waals surface area contributed by atoms with Crippen LogP contribution in [0.2, 0.25) is 0 Å². The molecule has 2 fully saturated rings. The summed E-state index contributed by atoms with van der Waals surface area (Å²) in [6, 6.07) is 0. The molecule has 5 nitrogen and oxygen atoms in total. The van der Waals surface area contributed by atoms with E-state index in [1.54, 1.807) is 0 Å². The Morgan fingerprint density at radius 1 is 1.26 bits per heavy atom. The minimum atomic E-state index is -0.730. The summed E-state index contributed by atoms with van der Waals surface area (Å²) in [7, 11) is 0. The van der Waals surface area contributed by atoms with Gasteiger partial charge in [0.25, 0.3) is 0 Å². The number of allylic oxidation sites excluding steroid dienone is 1. The summed E-state index contributed by atoms with van der Waals surface area (Å²) in [4.78, 5) is 11.6. The summed E-state index contributed by atoms with van der Waals surface area (Å²) in [6.07, 6.45) is 1.75. The molecule has 3 rings (SSSR count). The number of hydrogen-bond donors (Lipinski definition) is 1.